The number of piperidine rings is 1. The molecule has 5 fully saturated rings. The van der Waals surface area contributed by atoms with Crippen LogP contribution in [0.15, 0.2) is 29.2 Å². The van der Waals surface area contributed by atoms with Crippen molar-refractivity contribution >= 4 is 15.9 Å². The molecule has 182 valence electrons. The number of nitrogens with one attached hydrogen (secondary N) is 1. The van der Waals surface area contributed by atoms with Crippen LogP contribution in [0.4, 0.5) is 13.2 Å². The van der Waals surface area contributed by atoms with Crippen LogP contribution in [-0.2, 0) is 21.0 Å². The zero-order valence-corrected chi connectivity index (χ0v) is 19.4. The Morgan fingerprint density at radius 2 is 1.73 bits per heavy atom. The lowest BCUT2D eigenvalue weighted by Crippen LogP contribution is -2.54. The molecular formula is C24H31F3N2O3S. The summed E-state index contributed by atoms with van der Waals surface area (Å²) in [6.07, 6.45) is 3.53. The third-order valence-electron chi connectivity index (χ3n) is 8.35. The molecule has 1 unspecified atom stereocenters. The Balaban J connectivity index is 1.23. The first-order valence-corrected chi connectivity index (χ1v) is 13.4. The molecule has 1 amide bonds. The van der Waals surface area contributed by atoms with Crippen molar-refractivity contribution in [3.05, 3.63) is 29.8 Å². The second-order valence-electron chi connectivity index (χ2n) is 10.8. The number of halogens is 3. The Labute approximate surface area is 193 Å². The molecule has 1 heterocycles. The summed E-state index contributed by atoms with van der Waals surface area (Å²) < 4.78 is 66.5. The smallest absolute Gasteiger partial charge is 0.355 e. The predicted molar refractivity (Wildman–Crippen MR) is 117 cm³/mol. The van der Waals surface area contributed by atoms with E-state index >= 15 is 0 Å². The van der Waals surface area contributed by atoms with E-state index in [2.05, 4.69) is 5.32 Å². The van der Waals surface area contributed by atoms with Gasteiger partial charge in [-0.1, -0.05) is 6.07 Å². The van der Waals surface area contributed by atoms with Gasteiger partial charge in [0.15, 0.2) is 0 Å². The number of carbonyl (C=O) groups is 1. The average Bonchev–Trinajstić information content (AvgIpc) is 2.76. The Morgan fingerprint density at radius 3 is 2.33 bits per heavy atom. The van der Waals surface area contributed by atoms with Crippen LogP contribution in [0.2, 0.25) is 0 Å². The molecule has 1 saturated heterocycles. The minimum Gasteiger partial charge on any atom is -0.355 e. The molecule has 1 atom stereocenters. The first-order valence-electron chi connectivity index (χ1n) is 12.0. The molecule has 1 aromatic rings. The Hall–Kier alpha value is -1.61. The molecule has 1 aromatic carbocycles. The highest BCUT2D eigenvalue weighted by Crippen LogP contribution is 2.60. The van der Waals surface area contributed by atoms with Crippen LogP contribution >= 0.6 is 0 Å². The van der Waals surface area contributed by atoms with Gasteiger partial charge in [-0.05, 0) is 93.2 Å². The van der Waals surface area contributed by atoms with E-state index in [1.807, 2.05) is 0 Å². The SMILES string of the molecule is O=C(NCC1CCCN(S(=O)(=O)c2cccc(C(F)(F)F)c2)C1)C12CC3CC(CC(C3)C1)C2. The summed E-state index contributed by atoms with van der Waals surface area (Å²) in [4.78, 5) is 12.9. The topological polar surface area (TPSA) is 66.5 Å². The van der Waals surface area contributed by atoms with Crippen LogP contribution in [0, 0.1) is 29.1 Å². The van der Waals surface area contributed by atoms with E-state index in [4.69, 9.17) is 0 Å². The molecule has 4 saturated carbocycles. The molecule has 1 aliphatic heterocycles. The van der Waals surface area contributed by atoms with E-state index in [1.54, 1.807) is 0 Å². The highest BCUT2D eigenvalue weighted by molar-refractivity contribution is 7.89. The number of carbonyl (C=O) groups excluding carboxylic acids is 1. The summed E-state index contributed by atoms with van der Waals surface area (Å²) in [6.45, 7) is 0.896. The molecule has 33 heavy (non-hydrogen) atoms. The maximum atomic E-state index is 13.2. The Morgan fingerprint density at radius 1 is 1.09 bits per heavy atom. The van der Waals surface area contributed by atoms with Gasteiger partial charge in [0.1, 0.15) is 0 Å². The predicted octanol–water partition coefficient (Wildman–Crippen LogP) is 4.44. The quantitative estimate of drug-likeness (QED) is 0.672. The number of amides is 1. The van der Waals surface area contributed by atoms with Crippen molar-refractivity contribution < 1.29 is 26.4 Å². The molecule has 0 radical (unpaired) electrons. The highest BCUT2D eigenvalue weighted by Gasteiger charge is 2.54. The number of hydrogen-bond donors (Lipinski definition) is 1. The summed E-state index contributed by atoms with van der Waals surface area (Å²) in [5.41, 5.74) is -1.22. The summed E-state index contributed by atoms with van der Waals surface area (Å²) in [7, 11) is -4.03. The van der Waals surface area contributed by atoms with Gasteiger partial charge in [-0.2, -0.15) is 17.5 Å². The van der Waals surface area contributed by atoms with Gasteiger partial charge in [0.25, 0.3) is 0 Å². The zero-order chi connectivity index (χ0) is 23.4. The van der Waals surface area contributed by atoms with Gasteiger partial charge in [-0.15, -0.1) is 0 Å². The van der Waals surface area contributed by atoms with Gasteiger partial charge in [0.05, 0.1) is 10.5 Å². The molecule has 9 heteroatoms. The van der Waals surface area contributed by atoms with Crippen LogP contribution in [0.25, 0.3) is 0 Å². The number of sulfonamides is 1. The van der Waals surface area contributed by atoms with Gasteiger partial charge in [0.2, 0.25) is 15.9 Å². The highest BCUT2D eigenvalue weighted by atomic mass is 32.2. The van der Waals surface area contributed by atoms with Crippen molar-refractivity contribution in [1.29, 1.82) is 0 Å². The molecule has 6 rings (SSSR count). The summed E-state index contributed by atoms with van der Waals surface area (Å²) in [6, 6.07) is 3.91. The summed E-state index contributed by atoms with van der Waals surface area (Å²) in [5, 5.41) is 3.14. The minimum atomic E-state index is -4.60. The lowest BCUT2D eigenvalue weighted by Gasteiger charge is -2.55. The molecular weight excluding hydrogens is 453 g/mol. The Kier molecular flexibility index (Phi) is 5.79. The first kappa shape index (κ1) is 23.1. The van der Waals surface area contributed by atoms with Crippen LogP contribution in [0.1, 0.15) is 56.9 Å². The molecule has 1 N–H and O–H groups in total. The van der Waals surface area contributed by atoms with Crippen molar-refractivity contribution in [2.24, 2.45) is 29.1 Å². The van der Waals surface area contributed by atoms with Crippen molar-refractivity contribution in [1.82, 2.24) is 9.62 Å². The van der Waals surface area contributed by atoms with Crippen molar-refractivity contribution in [2.75, 3.05) is 19.6 Å². The van der Waals surface area contributed by atoms with E-state index < -0.39 is 21.8 Å². The molecule has 5 nitrogen and oxygen atoms in total. The van der Waals surface area contributed by atoms with Gasteiger partial charge in [-0.3, -0.25) is 4.79 Å². The first-order chi connectivity index (χ1) is 15.5. The third-order valence-corrected chi connectivity index (χ3v) is 10.2. The molecule has 4 aliphatic carbocycles. The molecule has 5 aliphatic rings. The lowest BCUT2D eigenvalue weighted by atomic mass is 9.49. The molecule has 4 bridgehead atoms. The summed E-state index contributed by atoms with van der Waals surface area (Å²) >= 11 is 0. The van der Waals surface area contributed by atoms with E-state index in [9.17, 15) is 26.4 Å². The maximum absolute atomic E-state index is 13.2. The van der Waals surface area contributed by atoms with Gasteiger partial charge in [0, 0.05) is 25.0 Å². The second kappa shape index (κ2) is 8.26. The van der Waals surface area contributed by atoms with E-state index in [0.717, 1.165) is 37.8 Å². The number of benzene rings is 1. The van der Waals surface area contributed by atoms with Crippen LogP contribution < -0.4 is 5.32 Å². The fourth-order valence-corrected chi connectivity index (χ4v) is 8.81. The van der Waals surface area contributed by atoms with E-state index in [1.165, 1.54) is 29.6 Å². The standard InChI is InChI=1S/C24H31F3N2O3S/c25-24(26,27)20-4-1-5-21(10-20)33(31,32)29-6-2-3-16(15-29)14-28-22(30)23-11-17-7-18(12-23)9-19(8-17)13-23/h1,4-5,10,16-19H,2-3,6-9,11-15H2,(H,28,30). The van der Waals surface area contributed by atoms with Crippen LogP contribution in [-0.4, -0.2) is 38.3 Å². The van der Waals surface area contributed by atoms with E-state index in [-0.39, 0.29) is 35.2 Å². The molecule has 0 spiro atoms. The van der Waals surface area contributed by atoms with Crippen molar-refractivity contribution in [2.45, 2.75) is 62.4 Å². The molecule has 0 aromatic heterocycles. The zero-order valence-electron chi connectivity index (χ0n) is 18.6. The van der Waals surface area contributed by atoms with Gasteiger partial charge >= 0.3 is 6.18 Å². The van der Waals surface area contributed by atoms with Gasteiger partial charge < -0.3 is 5.32 Å². The minimum absolute atomic E-state index is 0.0443. The number of hydrogen-bond acceptors (Lipinski definition) is 3. The van der Waals surface area contributed by atoms with Gasteiger partial charge in [-0.25, -0.2) is 8.42 Å². The fourth-order valence-electron chi connectivity index (χ4n) is 7.21. The van der Waals surface area contributed by atoms with Crippen LogP contribution in [0.5, 0.6) is 0 Å². The number of nitrogens with zero attached hydrogens (tertiary/aromatic N) is 1. The number of alkyl halides is 3. The fraction of sp³-hybridized carbons (Fsp3) is 0.708. The van der Waals surface area contributed by atoms with Crippen LogP contribution in [0.3, 0.4) is 0 Å². The Bertz CT molecular complexity index is 989. The maximum Gasteiger partial charge on any atom is 0.416 e. The monoisotopic (exact) mass is 484 g/mol. The van der Waals surface area contributed by atoms with Crippen molar-refractivity contribution in [3.8, 4) is 0 Å². The average molecular weight is 485 g/mol. The normalized spacial score (nSPS) is 34.4. The summed E-state index contributed by atoms with van der Waals surface area (Å²) in [5.74, 6) is 2.09. The van der Waals surface area contributed by atoms with Crippen molar-refractivity contribution in [3.63, 3.8) is 0 Å². The third kappa shape index (κ3) is 4.43. The second-order valence-corrected chi connectivity index (χ2v) is 12.7. The lowest BCUT2D eigenvalue weighted by molar-refractivity contribution is -0.146. The number of rotatable bonds is 5. The van der Waals surface area contributed by atoms with E-state index in [0.29, 0.717) is 36.8 Å². The largest absolute Gasteiger partial charge is 0.416 e.